The van der Waals surface area contributed by atoms with E-state index in [1.165, 1.54) is 12.1 Å². The van der Waals surface area contributed by atoms with E-state index in [2.05, 4.69) is 15.3 Å². The number of aromatic nitrogens is 4. The van der Waals surface area contributed by atoms with Crippen LogP contribution in [0.25, 0.3) is 33.3 Å². The summed E-state index contributed by atoms with van der Waals surface area (Å²) in [5.74, 6) is 0.128. The summed E-state index contributed by atoms with van der Waals surface area (Å²) in [5.41, 5.74) is 5.69. The summed E-state index contributed by atoms with van der Waals surface area (Å²) >= 11 is 0. The SMILES string of the molecule is Cc1nc2c(Oc3ccc(NC(=O)c4cn(C(C)C)c(C)c(-c5ccc(F)cc5)c4=O)cc3)ccnc2cc1-c1cccnc1.Cl. The highest BCUT2D eigenvalue weighted by atomic mass is 35.5. The zero-order chi connectivity index (χ0) is 31.7. The van der Waals surface area contributed by atoms with E-state index in [0.717, 1.165) is 16.8 Å². The topological polar surface area (TPSA) is 99.0 Å². The largest absolute Gasteiger partial charge is 0.455 e. The molecule has 10 heteroatoms. The first-order chi connectivity index (χ1) is 21.7. The molecular weight excluding hydrogens is 605 g/mol. The molecule has 0 bridgehead atoms. The van der Waals surface area contributed by atoms with Crippen LogP contribution in [0.3, 0.4) is 0 Å². The Labute approximate surface area is 271 Å². The molecule has 1 amide bonds. The minimum atomic E-state index is -0.546. The van der Waals surface area contributed by atoms with Crippen molar-refractivity contribution < 1.29 is 13.9 Å². The van der Waals surface area contributed by atoms with Gasteiger partial charge in [0.05, 0.1) is 5.52 Å². The number of carbonyl (C=O) groups is 1. The summed E-state index contributed by atoms with van der Waals surface area (Å²) in [4.78, 5) is 40.5. The number of anilines is 1. The van der Waals surface area contributed by atoms with E-state index in [0.29, 0.717) is 45.0 Å². The second kappa shape index (κ2) is 13.3. The molecule has 2 aromatic carbocycles. The van der Waals surface area contributed by atoms with Crippen molar-refractivity contribution >= 4 is 35.0 Å². The summed E-state index contributed by atoms with van der Waals surface area (Å²) in [7, 11) is 0. The van der Waals surface area contributed by atoms with Gasteiger partial charge in [0.2, 0.25) is 5.43 Å². The number of carbonyl (C=O) groups excluding carboxylic acids is 1. The van der Waals surface area contributed by atoms with Gasteiger partial charge in [-0.25, -0.2) is 9.37 Å². The molecule has 0 unspecified atom stereocenters. The first kappa shape index (κ1) is 32.0. The van der Waals surface area contributed by atoms with E-state index < -0.39 is 17.2 Å². The van der Waals surface area contributed by atoms with Crippen molar-refractivity contribution in [3.63, 3.8) is 0 Å². The maximum absolute atomic E-state index is 13.6. The van der Waals surface area contributed by atoms with Crippen LogP contribution in [0.2, 0.25) is 0 Å². The van der Waals surface area contributed by atoms with Crippen LogP contribution in [0.15, 0.2) is 102 Å². The highest BCUT2D eigenvalue weighted by Crippen LogP contribution is 2.32. The first-order valence-electron chi connectivity index (χ1n) is 14.5. The number of benzene rings is 2. The zero-order valence-electron chi connectivity index (χ0n) is 25.6. The summed E-state index contributed by atoms with van der Waals surface area (Å²) < 4.78 is 21.7. The van der Waals surface area contributed by atoms with Crippen molar-refractivity contribution in [1.29, 1.82) is 0 Å². The van der Waals surface area contributed by atoms with Crippen LogP contribution in [0.5, 0.6) is 11.5 Å². The van der Waals surface area contributed by atoms with Crippen molar-refractivity contribution in [3.8, 4) is 33.8 Å². The second-order valence-electron chi connectivity index (χ2n) is 11.0. The Kier molecular flexibility index (Phi) is 9.25. The Hall–Kier alpha value is -5.41. The van der Waals surface area contributed by atoms with Crippen molar-refractivity contribution in [2.45, 2.75) is 33.7 Å². The number of aryl methyl sites for hydroxylation is 1. The smallest absolute Gasteiger partial charge is 0.261 e. The lowest BCUT2D eigenvalue weighted by atomic mass is 10.00. The highest BCUT2D eigenvalue weighted by molar-refractivity contribution is 6.04. The molecule has 0 saturated carbocycles. The Morgan fingerprint density at radius 1 is 0.957 bits per heavy atom. The number of hydrogen-bond donors (Lipinski definition) is 1. The maximum atomic E-state index is 13.6. The molecule has 6 aromatic rings. The molecule has 6 rings (SSSR count). The molecule has 0 aliphatic heterocycles. The molecule has 4 heterocycles. The van der Waals surface area contributed by atoms with Crippen LogP contribution < -0.4 is 15.5 Å². The van der Waals surface area contributed by atoms with E-state index in [-0.39, 0.29) is 24.0 Å². The molecule has 0 radical (unpaired) electrons. The van der Waals surface area contributed by atoms with Crippen molar-refractivity contribution in [2.75, 3.05) is 5.32 Å². The number of amides is 1. The Balaban J connectivity index is 0.00000417. The lowest BCUT2D eigenvalue weighted by molar-refractivity contribution is 0.102. The standard InChI is InChI=1S/C36H30FN5O3.ClH/c1-21(2)42-20-30(35(43)33(23(42)4)24-7-9-26(37)10-8-24)36(44)41-27-11-13-28(14-12-27)45-32-15-17-39-31-18-29(22(3)40-34(31)32)25-6-5-16-38-19-25;/h5-21H,1-4H3,(H,41,44);1H. The van der Waals surface area contributed by atoms with Crippen LogP contribution >= 0.6 is 12.4 Å². The third kappa shape index (κ3) is 6.36. The van der Waals surface area contributed by atoms with Gasteiger partial charge >= 0.3 is 0 Å². The summed E-state index contributed by atoms with van der Waals surface area (Å²) in [6, 6.07) is 20.1. The van der Waals surface area contributed by atoms with E-state index in [4.69, 9.17) is 9.72 Å². The van der Waals surface area contributed by atoms with Gasteiger partial charge in [0.15, 0.2) is 5.75 Å². The minimum absolute atomic E-state index is 0. The van der Waals surface area contributed by atoms with E-state index >= 15 is 0 Å². The minimum Gasteiger partial charge on any atom is -0.455 e. The van der Waals surface area contributed by atoms with E-state index in [1.807, 2.05) is 50.5 Å². The molecule has 0 spiro atoms. The number of rotatable bonds is 7. The molecule has 4 aromatic heterocycles. The highest BCUT2D eigenvalue weighted by Gasteiger charge is 2.21. The third-order valence-electron chi connectivity index (χ3n) is 7.60. The zero-order valence-corrected chi connectivity index (χ0v) is 26.4. The molecule has 0 atom stereocenters. The van der Waals surface area contributed by atoms with Gasteiger partial charge in [-0.1, -0.05) is 18.2 Å². The average Bonchev–Trinajstić information content (AvgIpc) is 3.03. The van der Waals surface area contributed by atoms with E-state index in [9.17, 15) is 14.0 Å². The molecule has 8 nitrogen and oxygen atoms in total. The number of fused-ring (bicyclic) bond motifs is 1. The fourth-order valence-corrected chi connectivity index (χ4v) is 5.34. The number of halogens is 2. The monoisotopic (exact) mass is 635 g/mol. The Morgan fingerprint density at radius 3 is 2.37 bits per heavy atom. The summed E-state index contributed by atoms with van der Waals surface area (Å²) in [5, 5.41) is 2.83. The molecule has 1 N–H and O–H groups in total. The number of pyridine rings is 4. The molecule has 46 heavy (non-hydrogen) atoms. The van der Waals surface area contributed by atoms with Gasteiger partial charge in [0.25, 0.3) is 5.91 Å². The predicted molar refractivity (Wildman–Crippen MR) is 180 cm³/mol. The Morgan fingerprint density at radius 2 is 1.70 bits per heavy atom. The fourth-order valence-electron chi connectivity index (χ4n) is 5.34. The van der Waals surface area contributed by atoms with Crippen LogP contribution in [0.1, 0.15) is 41.6 Å². The molecule has 0 fully saturated rings. The van der Waals surface area contributed by atoms with Crippen molar-refractivity contribution in [2.24, 2.45) is 0 Å². The van der Waals surface area contributed by atoms with Crippen LogP contribution in [-0.4, -0.2) is 25.4 Å². The van der Waals surface area contributed by atoms with Crippen LogP contribution in [0.4, 0.5) is 10.1 Å². The van der Waals surface area contributed by atoms with Gasteiger partial charge in [0, 0.05) is 70.7 Å². The number of hydrogen-bond acceptors (Lipinski definition) is 6. The third-order valence-corrected chi connectivity index (χ3v) is 7.60. The first-order valence-corrected chi connectivity index (χ1v) is 14.5. The normalized spacial score (nSPS) is 10.9. The summed E-state index contributed by atoms with van der Waals surface area (Å²) in [6.45, 7) is 7.69. The molecule has 0 saturated heterocycles. The number of ether oxygens (including phenoxy) is 1. The molecule has 0 aliphatic carbocycles. The average molecular weight is 636 g/mol. The van der Waals surface area contributed by atoms with Gasteiger partial charge in [-0.05, 0) is 81.8 Å². The predicted octanol–water partition coefficient (Wildman–Crippen LogP) is 8.32. The van der Waals surface area contributed by atoms with Gasteiger partial charge in [0.1, 0.15) is 22.6 Å². The second-order valence-corrected chi connectivity index (χ2v) is 11.0. The van der Waals surface area contributed by atoms with Gasteiger partial charge in [-0.2, -0.15) is 0 Å². The van der Waals surface area contributed by atoms with Crippen molar-refractivity contribution in [3.05, 3.63) is 131 Å². The van der Waals surface area contributed by atoms with Crippen LogP contribution in [-0.2, 0) is 0 Å². The molecule has 0 aliphatic rings. The number of nitrogens with one attached hydrogen (secondary N) is 1. The van der Waals surface area contributed by atoms with Gasteiger partial charge in [-0.3, -0.25) is 19.6 Å². The lowest BCUT2D eigenvalue weighted by Gasteiger charge is -2.20. The maximum Gasteiger partial charge on any atom is 0.261 e. The molecular formula is C36H31ClFN5O3. The van der Waals surface area contributed by atoms with Crippen LogP contribution in [0, 0.1) is 19.7 Å². The summed E-state index contributed by atoms with van der Waals surface area (Å²) in [6.07, 6.45) is 6.76. The quantitative estimate of drug-likeness (QED) is 0.189. The Bertz CT molecular complexity index is 2100. The lowest BCUT2D eigenvalue weighted by Crippen LogP contribution is -2.26. The molecule has 232 valence electrons. The van der Waals surface area contributed by atoms with Gasteiger partial charge in [-0.15, -0.1) is 12.4 Å². The fraction of sp³-hybridized carbons (Fsp3) is 0.139. The van der Waals surface area contributed by atoms with E-state index in [1.54, 1.807) is 67.3 Å². The number of nitrogens with zero attached hydrogens (tertiary/aromatic N) is 4. The van der Waals surface area contributed by atoms with Crippen molar-refractivity contribution in [1.82, 2.24) is 19.5 Å². The van der Waals surface area contributed by atoms with Gasteiger partial charge < -0.3 is 14.6 Å².